The molecule has 104 valence electrons. The summed E-state index contributed by atoms with van der Waals surface area (Å²) in [5, 5.41) is 0.737. The maximum atomic E-state index is 6.08. The molecule has 2 nitrogen and oxygen atoms in total. The van der Waals surface area contributed by atoms with Crippen LogP contribution in [0.25, 0.3) is 0 Å². The molecule has 0 unspecified atom stereocenters. The van der Waals surface area contributed by atoms with E-state index in [2.05, 4.69) is 33.6 Å². The van der Waals surface area contributed by atoms with E-state index in [9.17, 15) is 0 Å². The van der Waals surface area contributed by atoms with E-state index >= 15 is 0 Å². The second kappa shape index (κ2) is 7.09. The molecule has 0 heterocycles. The topological polar surface area (TPSA) is 21.6 Å². The highest BCUT2D eigenvalue weighted by molar-refractivity contribution is 14.1. The Kier molecular flexibility index (Phi) is 5.43. The molecule has 0 bridgehead atoms. The van der Waals surface area contributed by atoms with E-state index in [-0.39, 0.29) is 0 Å². The highest BCUT2D eigenvalue weighted by atomic mass is 127. The van der Waals surface area contributed by atoms with Crippen LogP contribution < -0.4 is 4.74 Å². The molecule has 4 heteroatoms. The maximum Gasteiger partial charge on any atom is 0.132 e. The zero-order chi connectivity index (χ0) is 14.5. The van der Waals surface area contributed by atoms with Crippen LogP contribution in [0.2, 0.25) is 5.02 Å². The van der Waals surface area contributed by atoms with Crippen molar-refractivity contribution in [1.82, 2.24) is 0 Å². The van der Waals surface area contributed by atoms with Gasteiger partial charge in [0.2, 0.25) is 0 Å². The smallest absolute Gasteiger partial charge is 0.132 e. The molecule has 2 aromatic rings. The van der Waals surface area contributed by atoms with Crippen molar-refractivity contribution < 1.29 is 4.74 Å². The highest BCUT2D eigenvalue weighted by Crippen LogP contribution is 2.26. The monoisotopic (exact) mass is 399 g/mol. The molecule has 0 N–H and O–H groups in total. The summed E-state index contributed by atoms with van der Waals surface area (Å²) in [6, 6.07) is 11.7. The summed E-state index contributed by atoms with van der Waals surface area (Å²) in [5.41, 5.74) is 2.92. The van der Waals surface area contributed by atoms with Gasteiger partial charge in [-0.15, -0.1) is 0 Å². The van der Waals surface area contributed by atoms with Gasteiger partial charge in [-0.25, -0.2) is 0 Å². The number of aliphatic imine (C=N–C) groups is 1. The van der Waals surface area contributed by atoms with Gasteiger partial charge >= 0.3 is 0 Å². The summed E-state index contributed by atoms with van der Waals surface area (Å²) in [5.74, 6) is 0.907. The lowest BCUT2D eigenvalue weighted by atomic mass is 10.2. The fourth-order valence-corrected chi connectivity index (χ4v) is 2.61. The molecule has 0 amide bonds. The van der Waals surface area contributed by atoms with Crippen molar-refractivity contribution in [3.8, 4) is 5.75 Å². The van der Waals surface area contributed by atoms with Crippen molar-refractivity contribution in [3.63, 3.8) is 0 Å². The molecule has 2 rings (SSSR count). The SMILES string of the molecule is CCOc1ccc(C=Nc2cccc(Cl)c2C)cc1I. The van der Waals surface area contributed by atoms with Gasteiger partial charge in [0.05, 0.1) is 15.9 Å². The highest BCUT2D eigenvalue weighted by Gasteiger charge is 2.02. The van der Waals surface area contributed by atoms with Crippen LogP contribution in [0, 0.1) is 10.5 Å². The maximum absolute atomic E-state index is 6.08. The lowest BCUT2D eigenvalue weighted by Gasteiger charge is -2.06. The molecule has 0 aromatic heterocycles. The Bertz CT molecular complexity index is 640. The number of rotatable bonds is 4. The summed E-state index contributed by atoms with van der Waals surface area (Å²) < 4.78 is 6.60. The predicted molar refractivity (Wildman–Crippen MR) is 93.8 cm³/mol. The molecule has 0 fully saturated rings. The molecular weight excluding hydrogens is 385 g/mol. The number of benzene rings is 2. The first-order valence-electron chi connectivity index (χ1n) is 6.33. The fourth-order valence-electron chi connectivity index (χ4n) is 1.75. The molecule has 0 aliphatic rings. The van der Waals surface area contributed by atoms with Gasteiger partial charge in [-0.3, -0.25) is 4.99 Å². The molecule has 0 radical (unpaired) electrons. The minimum Gasteiger partial charge on any atom is -0.493 e. The fraction of sp³-hybridized carbons (Fsp3) is 0.188. The summed E-state index contributed by atoms with van der Waals surface area (Å²) in [4.78, 5) is 4.50. The summed E-state index contributed by atoms with van der Waals surface area (Å²) in [6.45, 7) is 4.62. The van der Waals surface area contributed by atoms with Crippen molar-refractivity contribution in [2.45, 2.75) is 13.8 Å². The Morgan fingerprint density at radius 1 is 1.30 bits per heavy atom. The predicted octanol–water partition coefficient (Wildman–Crippen LogP) is 5.40. The lowest BCUT2D eigenvalue weighted by molar-refractivity contribution is 0.338. The van der Waals surface area contributed by atoms with E-state index in [4.69, 9.17) is 16.3 Å². The quantitative estimate of drug-likeness (QED) is 0.498. The number of nitrogens with zero attached hydrogens (tertiary/aromatic N) is 1. The van der Waals surface area contributed by atoms with Crippen LogP contribution in [0.4, 0.5) is 5.69 Å². The minimum absolute atomic E-state index is 0.672. The van der Waals surface area contributed by atoms with E-state index in [1.54, 1.807) is 0 Å². The van der Waals surface area contributed by atoms with Crippen LogP contribution in [-0.4, -0.2) is 12.8 Å². The molecule has 0 aliphatic heterocycles. The molecular formula is C16H15ClINO. The molecule has 0 aliphatic carbocycles. The molecule has 0 saturated carbocycles. The average Bonchev–Trinajstić information content (AvgIpc) is 2.43. The summed E-state index contributed by atoms with van der Waals surface area (Å²) >= 11 is 8.35. The van der Waals surface area contributed by atoms with Gasteiger partial charge in [-0.2, -0.15) is 0 Å². The van der Waals surface area contributed by atoms with E-state index in [1.165, 1.54) is 0 Å². The number of hydrogen-bond donors (Lipinski definition) is 0. The van der Waals surface area contributed by atoms with Crippen molar-refractivity contribution >= 4 is 46.1 Å². The first kappa shape index (κ1) is 15.3. The molecule has 20 heavy (non-hydrogen) atoms. The van der Waals surface area contributed by atoms with Crippen LogP contribution in [0.3, 0.4) is 0 Å². The van der Waals surface area contributed by atoms with Crippen LogP contribution in [0.5, 0.6) is 5.75 Å². The number of ether oxygens (including phenoxy) is 1. The van der Waals surface area contributed by atoms with Gasteiger partial charge in [0.25, 0.3) is 0 Å². The number of hydrogen-bond acceptors (Lipinski definition) is 2. The van der Waals surface area contributed by atoms with Gasteiger partial charge in [-0.05, 0) is 77.9 Å². The Morgan fingerprint density at radius 2 is 2.10 bits per heavy atom. The third-order valence-corrected chi connectivity index (χ3v) is 4.10. The summed E-state index contributed by atoms with van der Waals surface area (Å²) in [7, 11) is 0. The first-order chi connectivity index (χ1) is 9.61. The van der Waals surface area contributed by atoms with Crippen LogP contribution in [-0.2, 0) is 0 Å². The molecule has 0 atom stereocenters. The second-order valence-corrected chi connectivity index (χ2v) is 5.83. The van der Waals surface area contributed by atoms with Crippen molar-refractivity contribution in [2.75, 3.05) is 6.61 Å². The Balaban J connectivity index is 2.23. The normalized spacial score (nSPS) is 11.0. The third kappa shape index (κ3) is 3.73. The molecule has 0 saturated heterocycles. The van der Waals surface area contributed by atoms with E-state index in [1.807, 2.05) is 50.4 Å². The largest absolute Gasteiger partial charge is 0.493 e. The Hall–Kier alpha value is -1.07. The van der Waals surface area contributed by atoms with E-state index in [0.717, 1.165) is 31.2 Å². The molecule has 0 spiro atoms. The summed E-state index contributed by atoms with van der Waals surface area (Å²) in [6.07, 6.45) is 1.84. The lowest BCUT2D eigenvalue weighted by Crippen LogP contribution is -1.94. The standard InChI is InChI=1S/C16H15ClINO/c1-3-20-16-8-7-12(9-14(16)18)10-19-15-6-4-5-13(17)11(15)2/h4-10H,3H2,1-2H3. The minimum atomic E-state index is 0.672. The third-order valence-electron chi connectivity index (χ3n) is 2.85. The van der Waals surface area contributed by atoms with E-state index in [0.29, 0.717) is 6.61 Å². The first-order valence-corrected chi connectivity index (χ1v) is 7.79. The van der Waals surface area contributed by atoms with E-state index < -0.39 is 0 Å². The van der Waals surface area contributed by atoms with Crippen molar-refractivity contribution in [1.29, 1.82) is 0 Å². The van der Waals surface area contributed by atoms with Gasteiger partial charge in [0.1, 0.15) is 5.75 Å². The average molecular weight is 400 g/mol. The Morgan fingerprint density at radius 3 is 2.80 bits per heavy atom. The number of halogens is 2. The van der Waals surface area contributed by atoms with Gasteiger partial charge in [0, 0.05) is 11.2 Å². The van der Waals surface area contributed by atoms with Gasteiger partial charge in [0.15, 0.2) is 0 Å². The van der Waals surface area contributed by atoms with Crippen molar-refractivity contribution in [3.05, 3.63) is 56.1 Å². The van der Waals surface area contributed by atoms with Gasteiger partial charge in [-0.1, -0.05) is 17.7 Å². The Labute approximate surface area is 138 Å². The van der Waals surface area contributed by atoms with Crippen LogP contribution >= 0.6 is 34.2 Å². The van der Waals surface area contributed by atoms with Crippen molar-refractivity contribution in [2.24, 2.45) is 4.99 Å². The van der Waals surface area contributed by atoms with Gasteiger partial charge < -0.3 is 4.74 Å². The van der Waals surface area contributed by atoms with Crippen LogP contribution in [0.1, 0.15) is 18.1 Å². The second-order valence-electron chi connectivity index (χ2n) is 4.27. The molecule has 2 aromatic carbocycles. The zero-order valence-corrected chi connectivity index (χ0v) is 14.3. The zero-order valence-electron chi connectivity index (χ0n) is 11.4. The van der Waals surface area contributed by atoms with Crippen LogP contribution in [0.15, 0.2) is 41.4 Å².